The molecule has 1 aliphatic rings. The molecule has 0 bridgehead atoms. The van der Waals surface area contributed by atoms with Crippen LogP contribution in [0.1, 0.15) is 48.1 Å². The molecule has 2 heterocycles. The summed E-state index contributed by atoms with van der Waals surface area (Å²) in [5.74, 6) is 0.333. The molecule has 28 heavy (non-hydrogen) atoms. The first-order valence-electron chi connectivity index (χ1n) is 9.50. The quantitative estimate of drug-likeness (QED) is 0.699. The lowest BCUT2D eigenvalue weighted by Gasteiger charge is -2.24. The second-order valence-corrected chi connectivity index (χ2v) is 7.00. The fraction of sp³-hybridized carbons (Fsp3) is 0.450. The molecule has 0 saturated carbocycles. The van der Waals surface area contributed by atoms with Crippen molar-refractivity contribution in [1.29, 1.82) is 0 Å². The molecule has 8 heteroatoms. The van der Waals surface area contributed by atoms with Crippen molar-refractivity contribution in [3.8, 4) is 5.75 Å². The van der Waals surface area contributed by atoms with Gasteiger partial charge in [-0.05, 0) is 43.5 Å². The summed E-state index contributed by atoms with van der Waals surface area (Å²) < 4.78 is 6.55. The Labute approximate surface area is 162 Å². The van der Waals surface area contributed by atoms with Crippen LogP contribution in [0.2, 0.25) is 0 Å². The number of rotatable bonds is 7. The van der Waals surface area contributed by atoms with Gasteiger partial charge in [-0.15, -0.1) is 0 Å². The average molecular weight is 386 g/mol. The molecule has 0 amide bonds. The van der Waals surface area contributed by atoms with Crippen molar-refractivity contribution in [2.75, 3.05) is 25.9 Å². The lowest BCUT2D eigenvalue weighted by Crippen LogP contribution is -2.39. The number of nitrogen functional groups attached to an aromatic ring is 1. The van der Waals surface area contributed by atoms with Crippen LogP contribution in [0, 0.1) is 0 Å². The summed E-state index contributed by atoms with van der Waals surface area (Å²) in [5, 5.41) is 0. The van der Waals surface area contributed by atoms with Crippen LogP contribution in [-0.4, -0.2) is 40.4 Å². The van der Waals surface area contributed by atoms with E-state index >= 15 is 0 Å². The summed E-state index contributed by atoms with van der Waals surface area (Å²) in [4.78, 5) is 41.4. The number of nitrogens with one attached hydrogen (secondary N) is 1. The lowest BCUT2D eigenvalue weighted by molar-refractivity contribution is 0.0920. The van der Waals surface area contributed by atoms with Gasteiger partial charge in [0.05, 0.1) is 13.7 Å². The van der Waals surface area contributed by atoms with Crippen LogP contribution < -0.4 is 21.7 Å². The number of Topliss-reactive ketones (excluding diaryl/α,β-unsaturated/α-hetero) is 1. The van der Waals surface area contributed by atoms with Gasteiger partial charge in [0, 0.05) is 12.6 Å². The fourth-order valence-corrected chi connectivity index (χ4v) is 3.81. The fourth-order valence-electron chi connectivity index (χ4n) is 3.81. The van der Waals surface area contributed by atoms with Gasteiger partial charge in [-0.3, -0.25) is 24.0 Å². The number of aromatic nitrogens is 2. The monoisotopic (exact) mass is 386 g/mol. The number of nitrogens with zero attached hydrogens (tertiary/aromatic N) is 2. The van der Waals surface area contributed by atoms with Crippen molar-refractivity contribution in [3.63, 3.8) is 0 Å². The SMILES string of the molecule is CCCn1c(N)c(C(=O)CN2CCCC2c2cccc(OC)c2)c(=O)[nH]c1=O. The van der Waals surface area contributed by atoms with Crippen molar-refractivity contribution in [1.82, 2.24) is 14.5 Å². The molecule has 150 valence electrons. The van der Waals surface area contributed by atoms with E-state index in [-0.39, 0.29) is 29.8 Å². The molecule has 3 rings (SSSR count). The first kappa shape index (κ1) is 19.9. The van der Waals surface area contributed by atoms with Crippen LogP contribution in [0.5, 0.6) is 5.75 Å². The topological polar surface area (TPSA) is 110 Å². The van der Waals surface area contributed by atoms with Crippen LogP contribution in [-0.2, 0) is 6.54 Å². The number of hydrogen-bond acceptors (Lipinski definition) is 6. The van der Waals surface area contributed by atoms with E-state index in [9.17, 15) is 14.4 Å². The number of methoxy groups -OCH3 is 1. The Balaban J connectivity index is 1.87. The number of ketones is 1. The van der Waals surface area contributed by atoms with Crippen molar-refractivity contribution in [2.45, 2.75) is 38.8 Å². The molecule has 1 aromatic heterocycles. The van der Waals surface area contributed by atoms with E-state index in [0.29, 0.717) is 13.0 Å². The van der Waals surface area contributed by atoms with E-state index in [0.717, 1.165) is 30.7 Å². The molecule has 1 saturated heterocycles. The van der Waals surface area contributed by atoms with E-state index in [1.54, 1.807) is 7.11 Å². The molecular formula is C20H26N4O4. The van der Waals surface area contributed by atoms with Gasteiger partial charge in [0.1, 0.15) is 17.1 Å². The summed E-state index contributed by atoms with van der Waals surface area (Å²) in [5.41, 5.74) is 5.64. The molecule has 0 radical (unpaired) electrons. The van der Waals surface area contributed by atoms with E-state index in [1.807, 2.05) is 36.1 Å². The Kier molecular flexibility index (Phi) is 5.99. The highest BCUT2D eigenvalue weighted by molar-refractivity contribution is 6.01. The van der Waals surface area contributed by atoms with Gasteiger partial charge in [0.2, 0.25) is 0 Å². The van der Waals surface area contributed by atoms with E-state index in [2.05, 4.69) is 4.98 Å². The smallest absolute Gasteiger partial charge is 0.329 e. The van der Waals surface area contributed by atoms with Crippen LogP contribution in [0.3, 0.4) is 0 Å². The first-order chi connectivity index (χ1) is 13.5. The molecule has 0 spiro atoms. The van der Waals surface area contributed by atoms with Gasteiger partial charge in [-0.25, -0.2) is 4.79 Å². The predicted octanol–water partition coefficient (Wildman–Crippen LogP) is 1.56. The molecule has 1 aromatic carbocycles. The minimum absolute atomic E-state index is 0.0577. The van der Waals surface area contributed by atoms with Crippen LogP contribution >= 0.6 is 0 Å². The second kappa shape index (κ2) is 8.43. The van der Waals surface area contributed by atoms with Gasteiger partial charge in [0.15, 0.2) is 5.78 Å². The molecule has 0 aliphatic carbocycles. The Hall–Kier alpha value is -2.87. The number of carbonyl (C=O) groups is 1. The number of ether oxygens (including phenoxy) is 1. The van der Waals surface area contributed by atoms with Crippen LogP contribution in [0.4, 0.5) is 5.82 Å². The maximum absolute atomic E-state index is 12.9. The molecular weight excluding hydrogens is 360 g/mol. The van der Waals surface area contributed by atoms with Crippen LogP contribution in [0.15, 0.2) is 33.9 Å². The summed E-state index contributed by atoms with van der Waals surface area (Å²) >= 11 is 0. The normalized spacial score (nSPS) is 17.0. The zero-order valence-electron chi connectivity index (χ0n) is 16.2. The summed E-state index contributed by atoms with van der Waals surface area (Å²) in [6, 6.07) is 7.86. The number of H-pyrrole nitrogens is 1. The number of hydrogen-bond donors (Lipinski definition) is 2. The molecule has 3 N–H and O–H groups in total. The minimum Gasteiger partial charge on any atom is -0.497 e. The van der Waals surface area contributed by atoms with Gasteiger partial charge in [-0.2, -0.15) is 0 Å². The number of aromatic amines is 1. The Morgan fingerprint density at radius 1 is 1.36 bits per heavy atom. The first-order valence-corrected chi connectivity index (χ1v) is 9.50. The third-order valence-corrected chi connectivity index (χ3v) is 5.15. The summed E-state index contributed by atoms with van der Waals surface area (Å²) in [6.07, 6.45) is 2.53. The maximum Gasteiger partial charge on any atom is 0.329 e. The molecule has 1 unspecified atom stereocenters. The van der Waals surface area contributed by atoms with Crippen molar-refractivity contribution in [3.05, 3.63) is 56.2 Å². The third-order valence-electron chi connectivity index (χ3n) is 5.15. The minimum atomic E-state index is -0.725. The van der Waals surface area contributed by atoms with Gasteiger partial charge < -0.3 is 10.5 Å². The molecule has 2 aromatic rings. The zero-order chi connectivity index (χ0) is 20.3. The highest BCUT2D eigenvalue weighted by Gasteiger charge is 2.30. The Morgan fingerprint density at radius 3 is 2.86 bits per heavy atom. The van der Waals surface area contributed by atoms with E-state index < -0.39 is 11.2 Å². The predicted molar refractivity (Wildman–Crippen MR) is 107 cm³/mol. The number of carbonyl (C=O) groups excluding carboxylic acids is 1. The number of anilines is 1. The van der Waals surface area contributed by atoms with Gasteiger partial charge >= 0.3 is 5.69 Å². The summed E-state index contributed by atoms with van der Waals surface area (Å²) in [6.45, 7) is 3.05. The Bertz CT molecular complexity index is 979. The highest BCUT2D eigenvalue weighted by Crippen LogP contribution is 2.33. The average Bonchev–Trinajstić information content (AvgIpc) is 3.13. The van der Waals surface area contributed by atoms with Crippen molar-refractivity contribution in [2.24, 2.45) is 0 Å². The Morgan fingerprint density at radius 2 is 2.14 bits per heavy atom. The molecule has 1 atom stereocenters. The van der Waals surface area contributed by atoms with Crippen molar-refractivity contribution >= 4 is 11.6 Å². The van der Waals surface area contributed by atoms with Crippen molar-refractivity contribution < 1.29 is 9.53 Å². The molecule has 1 aliphatic heterocycles. The zero-order valence-corrected chi connectivity index (χ0v) is 16.2. The molecule has 1 fully saturated rings. The largest absolute Gasteiger partial charge is 0.497 e. The number of likely N-dealkylation sites (tertiary alicyclic amines) is 1. The number of benzene rings is 1. The van der Waals surface area contributed by atoms with E-state index in [4.69, 9.17) is 10.5 Å². The lowest BCUT2D eigenvalue weighted by atomic mass is 10.0. The second-order valence-electron chi connectivity index (χ2n) is 7.00. The molecule has 8 nitrogen and oxygen atoms in total. The van der Waals surface area contributed by atoms with E-state index in [1.165, 1.54) is 4.57 Å². The van der Waals surface area contributed by atoms with Gasteiger partial charge in [0.25, 0.3) is 5.56 Å². The highest BCUT2D eigenvalue weighted by atomic mass is 16.5. The standard InChI is InChI=1S/C20H26N4O4/c1-3-9-24-18(21)17(19(26)22-20(24)27)16(25)12-23-10-5-8-15(23)13-6-4-7-14(11-13)28-2/h4,6-7,11,15H,3,5,8-10,12,21H2,1-2H3,(H,22,26,27). The van der Waals surface area contributed by atoms with Crippen LogP contribution in [0.25, 0.3) is 0 Å². The van der Waals surface area contributed by atoms with Gasteiger partial charge in [-0.1, -0.05) is 19.1 Å². The summed E-state index contributed by atoms with van der Waals surface area (Å²) in [7, 11) is 1.62. The third kappa shape index (κ3) is 3.87. The maximum atomic E-state index is 12.9. The number of nitrogens with two attached hydrogens (primary N) is 1.